The van der Waals surface area contributed by atoms with Gasteiger partial charge in [0.15, 0.2) is 0 Å². The van der Waals surface area contributed by atoms with E-state index in [-0.39, 0.29) is 18.4 Å². The van der Waals surface area contributed by atoms with E-state index >= 15 is 0 Å². The molecule has 0 aliphatic heterocycles. The van der Waals surface area contributed by atoms with Gasteiger partial charge in [0.2, 0.25) is 5.91 Å². The highest BCUT2D eigenvalue weighted by atomic mass is 35.5. The van der Waals surface area contributed by atoms with E-state index in [1.54, 1.807) is 30.6 Å². The third-order valence-corrected chi connectivity index (χ3v) is 5.03. The Kier molecular flexibility index (Phi) is 6.28. The van der Waals surface area contributed by atoms with Crippen LogP contribution in [0.2, 0.25) is 5.02 Å². The van der Waals surface area contributed by atoms with Crippen LogP contribution >= 0.6 is 22.9 Å². The van der Waals surface area contributed by atoms with Crippen LogP contribution in [-0.2, 0) is 4.79 Å². The molecule has 1 aromatic heterocycles. The van der Waals surface area contributed by atoms with E-state index in [1.165, 1.54) is 23.3 Å². The van der Waals surface area contributed by atoms with E-state index in [4.69, 9.17) is 16.3 Å². The Balaban J connectivity index is 1.65. The van der Waals surface area contributed by atoms with Crippen LogP contribution in [0.3, 0.4) is 0 Å². The third kappa shape index (κ3) is 4.68. The Morgan fingerprint density at radius 3 is 2.68 bits per heavy atom. The van der Waals surface area contributed by atoms with Crippen LogP contribution < -0.4 is 10.1 Å². The largest absolute Gasteiger partial charge is 0.495 e. The Labute approximate surface area is 171 Å². The number of amides is 2. The van der Waals surface area contributed by atoms with E-state index < -0.39 is 0 Å². The van der Waals surface area contributed by atoms with Crippen LogP contribution in [0.15, 0.2) is 53.9 Å². The van der Waals surface area contributed by atoms with Crippen LogP contribution in [0.25, 0.3) is 10.6 Å². The maximum absolute atomic E-state index is 12.6. The number of carbonyl (C=O) groups excluding carboxylic acids is 2. The molecule has 0 atom stereocenters. The minimum atomic E-state index is -0.366. The summed E-state index contributed by atoms with van der Waals surface area (Å²) >= 11 is 7.35. The summed E-state index contributed by atoms with van der Waals surface area (Å²) in [5.41, 5.74) is 1.69. The maximum Gasteiger partial charge on any atom is 0.273 e. The highest BCUT2D eigenvalue weighted by molar-refractivity contribution is 7.13. The summed E-state index contributed by atoms with van der Waals surface area (Å²) in [6.07, 6.45) is 0. The molecule has 2 aromatic carbocycles. The van der Waals surface area contributed by atoms with Gasteiger partial charge in [-0.2, -0.15) is 0 Å². The number of hydrogen-bond acceptors (Lipinski definition) is 5. The van der Waals surface area contributed by atoms with Crippen molar-refractivity contribution < 1.29 is 14.3 Å². The van der Waals surface area contributed by atoms with Crippen molar-refractivity contribution in [1.29, 1.82) is 0 Å². The van der Waals surface area contributed by atoms with E-state index in [1.807, 2.05) is 30.3 Å². The third-order valence-electron chi connectivity index (χ3n) is 3.91. The smallest absolute Gasteiger partial charge is 0.273 e. The van der Waals surface area contributed by atoms with E-state index in [9.17, 15) is 9.59 Å². The van der Waals surface area contributed by atoms with Gasteiger partial charge in [0.05, 0.1) is 19.3 Å². The van der Waals surface area contributed by atoms with E-state index in [0.29, 0.717) is 22.2 Å². The van der Waals surface area contributed by atoms with Crippen molar-refractivity contribution in [3.05, 3.63) is 64.6 Å². The monoisotopic (exact) mass is 415 g/mol. The second-order valence-corrected chi connectivity index (χ2v) is 7.25. The van der Waals surface area contributed by atoms with E-state index in [2.05, 4.69) is 10.3 Å². The zero-order valence-corrected chi connectivity index (χ0v) is 16.9. The van der Waals surface area contributed by atoms with Crippen LogP contribution in [0, 0.1) is 0 Å². The first kappa shape index (κ1) is 19.9. The van der Waals surface area contributed by atoms with Crippen molar-refractivity contribution in [3.8, 4) is 16.3 Å². The van der Waals surface area contributed by atoms with Crippen molar-refractivity contribution in [3.63, 3.8) is 0 Å². The first-order valence-corrected chi connectivity index (χ1v) is 9.63. The fourth-order valence-corrected chi connectivity index (χ4v) is 3.51. The first-order chi connectivity index (χ1) is 13.5. The lowest BCUT2D eigenvalue weighted by Crippen LogP contribution is -2.35. The average molecular weight is 416 g/mol. The quantitative estimate of drug-likeness (QED) is 0.655. The number of anilines is 1. The molecule has 144 valence electrons. The Morgan fingerprint density at radius 1 is 1.21 bits per heavy atom. The lowest BCUT2D eigenvalue weighted by molar-refractivity contribution is -0.116. The number of rotatable bonds is 6. The zero-order valence-electron chi connectivity index (χ0n) is 15.3. The molecule has 1 N–H and O–H groups in total. The number of carbonyl (C=O) groups is 2. The van der Waals surface area contributed by atoms with Gasteiger partial charge in [-0.1, -0.05) is 41.9 Å². The summed E-state index contributed by atoms with van der Waals surface area (Å²) in [6.45, 7) is -0.132. The number of benzene rings is 2. The summed E-state index contributed by atoms with van der Waals surface area (Å²) in [7, 11) is 3.06. The molecule has 28 heavy (non-hydrogen) atoms. The molecule has 0 saturated heterocycles. The van der Waals surface area contributed by atoms with Gasteiger partial charge in [-0.15, -0.1) is 11.3 Å². The number of nitrogens with one attached hydrogen (secondary N) is 1. The van der Waals surface area contributed by atoms with Gasteiger partial charge in [-0.25, -0.2) is 4.98 Å². The summed E-state index contributed by atoms with van der Waals surface area (Å²) in [5, 5.41) is 5.63. The molecule has 0 saturated carbocycles. The van der Waals surface area contributed by atoms with Gasteiger partial charge in [-0.05, 0) is 18.2 Å². The number of likely N-dealkylation sites (N-methyl/N-ethyl adjacent to an activating group) is 1. The van der Waals surface area contributed by atoms with Crippen molar-refractivity contribution >= 4 is 40.4 Å². The Hall–Kier alpha value is -2.90. The number of ether oxygens (including phenoxy) is 1. The molecule has 6 nitrogen and oxygen atoms in total. The van der Waals surface area contributed by atoms with Gasteiger partial charge < -0.3 is 15.0 Å². The molecule has 3 aromatic rings. The van der Waals surface area contributed by atoms with Crippen LogP contribution in [0.5, 0.6) is 5.75 Å². The average Bonchev–Trinajstić information content (AvgIpc) is 3.18. The van der Waals surface area contributed by atoms with E-state index in [0.717, 1.165) is 10.6 Å². The molecule has 3 rings (SSSR count). The van der Waals surface area contributed by atoms with Crippen molar-refractivity contribution in [1.82, 2.24) is 9.88 Å². The number of aromatic nitrogens is 1. The molecule has 1 heterocycles. The van der Waals surface area contributed by atoms with Crippen molar-refractivity contribution in [2.24, 2.45) is 0 Å². The molecule has 2 amide bonds. The predicted molar refractivity (Wildman–Crippen MR) is 111 cm³/mol. The second-order valence-electron chi connectivity index (χ2n) is 5.96. The SMILES string of the molecule is COc1ccc(Cl)cc1NC(=O)CN(C)C(=O)c1csc(-c2ccccc2)n1. The number of thiazole rings is 1. The highest BCUT2D eigenvalue weighted by Crippen LogP contribution is 2.27. The minimum absolute atomic E-state index is 0.132. The fourth-order valence-electron chi connectivity index (χ4n) is 2.54. The lowest BCUT2D eigenvalue weighted by Gasteiger charge is -2.16. The number of halogens is 1. The molecule has 0 aliphatic rings. The summed E-state index contributed by atoms with van der Waals surface area (Å²) < 4.78 is 5.21. The summed E-state index contributed by atoms with van der Waals surface area (Å²) in [5.74, 6) is -0.208. The van der Waals surface area contributed by atoms with Gasteiger partial charge in [0, 0.05) is 23.0 Å². The first-order valence-electron chi connectivity index (χ1n) is 8.37. The van der Waals surface area contributed by atoms with Crippen LogP contribution in [0.4, 0.5) is 5.69 Å². The van der Waals surface area contributed by atoms with Crippen molar-refractivity contribution in [2.45, 2.75) is 0 Å². The van der Waals surface area contributed by atoms with Crippen LogP contribution in [0.1, 0.15) is 10.5 Å². The molecule has 0 fully saturated rings. The Bertz CT molecular complexity index is 991. The molecule has 0 aliphatic carbocycles. The summed E-state index contributed by atoms with van der Waals surface area (Å²) in [6, 6.07) is 14.5. The van der Waals surface area contributed by atoms with Gasteiger partial charge >= 0.3 is 0 Å². The fraction of sp³-hybridized carbons (Fsp3) is 0.150. The van der Waals surface area contributed by atoms with Gasteiger partial charge in [0.1, 0.15) is 16.5 Å². The number of nitrogens with zero attached hydrogens (tertiary/aromatic N) is 2. The normalized spacial score (nSPS) is 10.4. The second kappa shape index (κ2) is 8.86. The topological polar surface area (TPSA) is 71.5 Å². The molecule has 0 radical (unpaired) electrons. The molecule has 0 bridgehead atoms. The van der Waals surface area contributed by atoms with Crippen molar-refractivity contribution in [2.75, 3.05) is 26.0 Å². The molecule has 0 spiro atoms. The minimum Gasteiger partial charge on any atom is -0.495 e. The molecular formula is C20H18ClN3O3S. The summed E-state index contributed by atoms with van der Waals surface area (Å²) in [4.78, 5) is 30.6. The van der Waals surface area contributed by atoms with Gasteiger partial charge in [-0.3, -0.25) is 9.59 Å². The predicted octanol–water partition coefficient (Wildman–Crippen LogP) is 4.18. The Morgan fingerprint density at radius 2 is 1.96 bits per heavy atom. The number of methoxy groups -OCH3 is 1. The van der Waals surface area contributed by atoms with Gasteiger partial charge in [0.25, 0.3) is 5.91 Å². The van der Waals surface area contributed by atoms with Crippen LogP contribution in [-0.4, -0.2) is 42.4 Å². The molecular weight excluding hydrogens is 398 g/mol. The standard InChI is InChI=1S/C20H18ClN3O3S/c1-24(11-18(25)22-15-10-14(21)8-9-17(15)27-2)20(26)16-12-28-19(23-16)13-6-4-3-5-7-13/h3-10,12H,11H2,1-2H3,(H,22,25). The highest BCUT2D eigenvalue weighted by Gasteiger charge is 2.19. The maximum atomic E-state index is 12.6. The lowest BCUT2D eigenvalue weighted by atomic mass is 10.2. The number of hydrogen-bond donors (Lipinski definition) is 1. The zero-order chi connectivity index (χ0) is 20.1. The molecule has 0 unspecified atom stereocenters. The molecule has 8 heteroatoms.